The van der Waals surface area contributed by atoms with E-state index in [1.54, 1.807) is 11.3 Å². The van der Waals surface area contributed by atoms with Gasteiger partial charge in [0.2, 0.25) is 0 Å². The van der Waals surface area contributed by atoms with Crippen LogP contribution < -0.4 is 4.90 Å². The number of morpholine rings is 1. The Morgan fingerprint density at radius 1 is 1.29 bits per heavy atom. The maximum Gasteiger partial charge on any atom is 0.150 e. The Morgan fingerprint density at radius 3 is 2.67 bits per heavy atom. The number of anilines is 1. The van der Waals surface area contributed by atoms with E-state index in [1.165, 1.54) is 0 Å². The second-order valence-corrected chi connectivity index (χ2v) is 5.73. The van der Waals surface area contributed by atoms with Crippen LogP contribution in [0.5, 0.6) is 0 Å². The number of nitrogens with zero attached hydrogens (tertiary/aromatic N) is 3. The predicted molar refractivity (Wildman–Crippen MR) is 87.3 cm³/mol. The van der Waals surface area contributed by atoms with Gasteiger partial charge in [0.15, 0.2) is 5.82 Å². The van der Waals surface area contributed by atoms with Gasteiger partial charge in [-0.25, -0.2) is 9.97 Å². The molecule has 1 aliphatic heterocycles. The van der Waals surface area contributed by atoms with Crippen molar-refractivity contribution in [1.82, 2.24) is 9.97 Å². The van der Waals surface area contributed by atoms with Gasteiger partial charge in [-0.3, -0.25) is 0 Å². The van der Waals surface area contributed by atoms with Gasteiger partial charge in [0.1, 0.15) is 5.82 Å². The summed E-state index contributed by atoms with van der Waals surface area (Å²) in [5.74, 6) is 1.81. The Balaban J connectivity index is 0.000000774. The number of hydrogen-bond donors (Lipinski definition) is 1. The minimum absolute atomic E-state index is 0.173. The van der Waals surface area contributed by atoms with Gasteiger partial charge in [0.05, 0.1) is 23.4 Å². The van der Waals surface area contributed by atoms with Crippen molar-refractivity contribution in [2.45, 2.75) is 27.2 Å². The van der Waals surface area contributed by atoms with E-state index in [0.29, 0.717) is 6.42 Å². The molecule has 0 radical (unpaired) electrons. The van der Waals surface area contributed by atoms with Crippen molar-refractivity contribution >= 4 is 27.4 Å². The quantitative estimate of drug-likeness (QED) is 0.943. The lowest BCUT2D eigenvalue weighted by molar-refractivity contribution is 0.122. The van der Waals surface area contributed by atoms with Crippen LogP contribution in [0.2, 0.25) is 0 Å². The van der Waals surface area contributed by atoms with Crippen LogP contribution in [0.4, 0.5) is 5.82 Å². The highest BCUT2D eigenvalue weighted by Crippen LogP contribution is 2.32. The number of hydrogen-bond acceptors (Lipinski definition) is 6. The maximum absolute atomic E-state index is 9.06. The molecule has 0 unspecified atom stereocenters. The van der Waals surface area contributed by atoms with Gasteiger partial charge >= 0.3 is 0 Å². The molecule has 2 aromatic heterocycles. The van der Waals surface area contributed by atoms with Crippen molar-refractivity contribution < 1.29 is 9.84 Å². The molecule has 2 aromatic rings. The molecule has 1 saturated heterocycles. The molecule has 1 fully saturated rings. The number of fused-ring (bicyclic) bond motifs is 1. The standard InChI is InChI=1S/C13H17N3O2S.C2H6/c1-9-14-11-8-10(2-5-17)19-12(11)13(15-9)16-3-6-18-7-4-16;1-2/h8,17H,2-7H2,1H3;1-2H3. The molecule has 3 rings (SSSR count). The van der Waals surface area contributed by atoms with Gasteiger partial charge < -0.3 is 14.7 Å². The highest BCUT2D eigenvalue weighted by molar-refractivity contribution is 7.19. The fourth-order valence-corrected chi connectivity index (χ4v) is 3.40. The molecular formula is C15H23N3O2S. The first-order chi connectivity index (χ1) is 10.3. The lowest BCUT2D eigenvalue weighted by atomic mass is 10.3. The summed E-state index contributed by atoms with van der Waals surface area (Å²) in [7, 11) is 0. The van der Waals surface area contributed by atoms with E-state index in [-0.39, 0.29) is 6.61 Å². The highest BCUT2D eigenvalue weighted by Gasteiger charge is 2.18. The molecule has 0 aliphatic carbocycles. The fourth-order valence-electron chi connectivity index (χ4n) is 2.30. The third-order valence-electron chi connectivity index (χ3n) is 3.19. The summed E-state index contributed by atoms with van der Waals surface area (Å²) in [6.07, 6.45) is 0.683. The molecular weight excluding hydrogens is 286 g/mol. The van der Waals surface area contributed by atoms with Gasteiger partial charge in [-0.1, -0.05) is 13.8 Å². The smallest absolute Gasteiger partial charge is 0.150 e. The van der Waals surface area contributed by atoms with Crippen LogP contribution in [-0.4, -0.2) is 48.0 Å². The summed E-state index contributed by atoms with van der Waals surface area (Å²) in [4.78, 5) is 12.5. The Kier molecular flexibility index (Phi) is 5.90. The minimum atomic E-state index is 0.173. The molecule has 1 N–H and O–H groups in total. The molecule has 6 heteroatoms. The average molecular weight is 309 g/mol. The van der Waals surface area contributed by atoms with E-state index in [1.807, 2.05) is 20.8 Å². The van der Waals surface area contributed by atoms with E-state index < -0.39 is 0 Å². The van der Waals surface area contributed by atoms with Crippen LogP contribution in [0.1, 0.15) is 24.5 Å². The van der Waals surface area contributed by atoms with Crippen LogP contribution in [0.3, 0.4) is 0 Å². The molecule has 0 amide bonds. The maximum atomic E-state index is 9.06. The number of aromatic nitrogens is 2. The van der Waals surface area contributed by atoms with E-state index in [2.05, 4.69) is 20.9 Å². The van der Waals surface area contributed by atoms with E-state index in [0.717, 1.165) is 53.0 Å². The number of rotatable bonds is 3. The zero-order chi connectivity index (χ0) is 15.2. The van der Waals surface area contributed by atoms with Gasteiger partial charge in [0.25, 0.3) is 0 Å². The average Bonchev–Trinajstić information content (AvgIpc) is 2.92. The normalized spacial score (nSPS) is 15.0. The van der Waals surface area contributed by atoms with Crippen LogP contribution in [-0.2, 0) is 11.2 Å². The summed E-state index contributed by atoms with van der Waals surface area (Å²) in [6, 6.07) is 2.06. The monoisotopic (exact) mass is 309 g/mol. The van der Waals surface area contributed by atoms with Gasteiger partial charge in [-0.05, 0) is 13.0 Å². The van der Waals surface area contributed by atoms with Crippen molar-refractivity contribution in [2.75, 3.05) is 37.8 Å². The van der Waals surface area contributed by atoms with Crippen molar-refractivity contribution in [3.8, 4) is 0 Å². The van der Waals surface area contributed by atoms with Crippen molar-refractivity contribution in [3.05, 3.63) is 16.8 Å². The Morgan fingerprint density at radius 2 is 2.00 bits per heavy atom. The molecule has 0 bridgehead atoms. The molecule has 0 saturated carbocycles. The van der Waals surface area contributed by atoms with Gasteiger partial charge in [-0.15, -0.1) is 11.3 Å². The Hall–Kier alpha value is -1.24. The van der Waals surface area contributed by atoms with E-state index >= 15 is 0 Å². The summed E-state index contributed by atoms with van der Waals surface area (Å²) < 4.78 is 6.51. The topological polar surface area (TPSA) is 58.5 Å². The van der Waals surface area contributed by atoms with Crippen LogP contribution >= 0.6 is 11.3 Å². The summed E-state index contributed by atoms with van der Waals surface area (Å²) in [5.41, 5.74) is 0.988. The third-order valence-corrected chi connectivity index (χ3v) is 4.37. The summed E-state index contributed by atoms with van der Waals surface area (Å²) >= 11 is 1.68. The minimum Gasteiger partial charge on any atom is -0.396 e. The number of aliphatic hydroxyl groups is 1. The van der Waals surface area contributed by atoms with Crippen molar-refractivity contribution in [3.63, 3.8) is 0 Å². The fraction of sp³-hybridized carbons (Fsp3) is 0.600. The molecule has 21 heavy (non-hydrogen) atoms. The molecule has 116 valence electrons. The molecule has 0 atom stereocenters. The number of aryl methyl sites for hydroxylation is 1. The summed E-state index contributed by atoms with van der Waals surface area (Å²) in [6.45, 7) is 9.34. The van der Waals surface area contributed by atoms with Crippen LogP contribution in [0.15, 0.2) is 6.07 Å². The number of aliphatic hydroxyl groups excluding tert-OH is 1. The molecule has 0 spiro atoms. The second-order valence-electron chi connectivity index (χ2n) is 4.59. The molecule has 1 aliphatic rings. The lowest BCUT2D eigenvalue weighted by Crippen LogP contribution is -2.36. The number of thiophene rings is 1. The van der Waals surface area contributed by atoms with E-state index in [4.69, 9.17) is 9.84 Å². The molecule has 0 aromatic carbocycles. The zero-order valence-electron chi connectivity index (χ0n) is 12.9. The second kappa shape index (κ2) is 7.68. The third kappa shape index (κ3) is 3.70. The van der Waals surface area contributed by atoms with Crippen LogP contribution in [0.25, 0.3) is 10.2 Å². The Bertz CT molecular complexity index is 580. The molecule has 5 nitrogen and oxygen atoms in total. The number of ether oxygens (including phenoxy) is 1. The SMILES string of the molecule is CC.Cc1nc(N2CCOCC2)c2sc(CCO)cc2n1. The van der Waals surface area contributed by atoms with Crippen LogP contribution in [0, 0.1) is 6.92 Å². The largest absolute Gasteiger partial charge is 0.396 e. The van der Waals surface area contributed by atoms with Gasteiger partial charge in [0, 0.05) is 31.0 Å². The van der Waals surface area contributed by atoms with Gasteiger partial charge in [-0.2, -0.15) is 0 Å². The zero-order valence-corrected chi connectivity index (χ0v) is 13.7. The highest BCUT2D eigenvalue weighted by atomic mass is 32.1. The Labute approximate surface area is 129 Å². The predicted octanol–water partition coefficient (Wildman–Crippen LogP) is 2.40. The van der Waals surface area contributed by atoms with Crippen molar-refractivity contribution in [2.24, 2.45) is 0 Å². The first-order valence-corrected chi connectivity index (χ1v) is 8.30. The van der Waals surface area contributed by atoms with Crippen molar-refractivity contribution in [1.29, 1.82) is 0 Å². The lowest BCUT2D eigenvalue weighted by Gasteiger charge is -2.28. The molecule has 3 heterocycles. The van der Waals surface area contributed by atoms with E-state index in [9.17, 15) is 0 Å². The first kappa shape index (κ1) is 16.1. The first-order valence-electron chi connectivity index (χ1n) is 7.48. The summed E-state index contributed by atoms with van der Waals surface area (Å²) in [5, 5.41) is 9.06.